The van der Waals surface area contributed by atoms with Crippen molar-refractivity contribution in [2.75, 3.05) is 4.90 Å². The van der Waals surface area contributed by atoms with Crippen molar-refractivity contribution in [2.45, 2.75) is 13.8 Å². The molecule has 1 amide bonds. The van der Waals surface area contributed by atoms with Crippen LogP contribution in [0.5, 0.6) is 5.75 Å². The van der Waals surface area contributed by atoms with Gasteiger partial charge in [-0.2, -0.15) is 0 Å². The largest absolute Gasteiger partial charge is 0.508 e. The Bertz CT molecular complexity index is 989. The van der Waals surface area contributed by atoms with Gasteiger partial charge < -0.3 is 5.11 Å². The number of aromatic hydroxyl groups is 1. The van der Waals surface area contributed by atoms with Crippen molar-refractivity contribution in [1.82, 2.24) is 4.98 Å². The van der Waals surface area contributed by atoms with Crippen molar-refractivity contribution >= 4 is 39.9 Å². The number of phenols is 1. The fourth-order valence-electron chi connectivity index (χ4n) is 2.46. The number of aryl methyl sites for hydroxylation is 1. The van der Waals surface area contributed by atoms with Gasteiger partial charge in [0.2, 0.25) is 5.91 Å². The van der Waals surface area contributed by atoms with Crippen molar-refractivity contribution in [1.29, 1.82) is 0 Å². The van der Waals surface area contributed by atoms with E-state index < -0.39 is 0 Å². The zero-order valence-electron chi connectivity index (χ0n) is 14.9. The van der Waals surface area contributed by atoms with Crippen molar-refractivity contribution in [3.8, 4) is 5.75 Å². The molecule has 1 aromatic heterocycles. The first-order chi connectivity index (χ1) is 12.9. The number of hydrogen-bond donors (Lipinski definition) is 1. The van der Waals surface area contributed by atoms with E-state index in [0.29, 0.717) is 16.4 Å². The lowest BCUT2D eigenvalue weighted by atomic mass is 10.1. The molecular formula is C21H18N2O3S. The molecule has 0 aliphatic carbocycles. The van der Waals surface area contributed by atoms with Gasteiger partial charge in [0.15, 0.2) is 10.9 Å². The standard InChI is InChI=1S/C21H18N2O3S/c1-14-3-8-18(9-4-14)23(15(2)24)21-22-17(13-27-21)7-12-20(26)16-5-10-19(25)11-6-16/h3-13,25H,1-2H3. The third kappa shape index (κ3) is 4.48. The van der Waals surface area contributed by atoms with E-state index in [1.54, 1.807) is 28.5 Å². The molecule has 0 fully saturated rings. The number of nitrogens with zero attached hydrogens (tertiary/aromatic N) is 2. The number of anilines is 2. The van der Waals surface area contributed by atoms with E-state index in [-0.39, 0.29) is 17.4 Å². The molecule has 0 bridgehead atoms. The molecule has 5 nitrogen and oxygen atoms in total. The number of aromatic nitrogens is 1. The van der Waals surface area contributed by atoms with Crippen LogP contribution in [0.3, 0.4) is 0 Å². The number of amides is 1. The molecule has 27 heavy (non-hydrogen) atoms. The predicted octanol–water partition coefficient (Wildman–Crippen LogP) is 4.74. The maximum atomic E-state index is 12.2. The molecule has 1 N–H and O–H groups in total. The number of ketones is 1. The van der Waals surface area contributed by atoms with E-state index >= 15 is 0 Å². The molecule has 0 atom stereocenters. The van der Waals surface area contributed by atoms with Crippen molar-refractivity contribution in [3.63, 3.8) is 0 Å². The van der Waals surface area contributed by atoms with Crippen LogP contribution in [0.1, 0.15) is 28.5 Å². The summed E-state index contributed by atoms with van der Waals surface area (Å²) in [6.07, 6.45) is 3.04. The Morgan fingerprint density at radius 1 is 1.07 bits per heavy atom. The first-order valence-electron chi connectivity index (χ1n) is 8.28. The Hall–Kier alpha value is -3.25. The van der Waals surface area contributed by atoms with Gasteiger partial charge in [-0.05, 0) is 55.5 Å². The molecule has 0 radical (unpaired) electrons. The first kappa shape index (κ1) is 18.5. The number of carbonyl (C=O) groups excluding carboxylic acids is 2. The summed E-state index contributed by atoms with van der Waals surface area (Å²) in [4.78, 5) is 30.3. The normalized spacial score (nSPS) is 10.9. The molecule has 0 spiro atoms. The number of allylic oxidation sites excluding steroid dienone is 1. The highest BCUT2D eigenvalue weighted by molar-refractivity contribution is 7.14. The van der Waals surface area contributed by atoms with Crippen LogP contribution in [0.2, 0.25) is 0 Å². The monoisotopic (exact) mass is 378 g/mol. The van der Waals surface area contributed by atoms with Gasteiger partial charge in [-0.1, -0.05) is 17.7 Å². The first-order valence-corrected chi connectivity index (χ1v) is 9.16. The van der Waals surface area contributed by atoms with Gasteiger partial charge in [-0.25, -0.2) is 4.98 Å². The summed E-state index contributed by atoms with van der Waals surface area (Å²) < 4.78 is 0. The Morgan fingerprint density at radius 2 is 1.74 bits per heavy atom. The van der Waals surface area contributed by atoms with Crippen LogP contribution in [0.4, 0.5) is 10.8 Å². The molecule has 136 valence electrons. The lowest BCUT2D eigenvalue weighted by molar-refractivity contribution is -0.115. The fourth-order valence-corrected chi connectivity index (χ4v) is 3.31. The zero-order chi connectivity index (χ0) is 19.4. The minimum atomic E-state index is -0.188. The van der Waals surface area contributed by atoms with Gasteiger partial charge in [0.1, 0.15) is 5.75 Å². The molecule has 6 heteroatoms. The highest BCUT2D eigenvalue weighted by Crippen LogP contribution is 2.29. The Kier molecular flexibility index (Phi) is 5.47. The molecule has 0 saturated carbocycles. The maximum Gasteiger partial charge on any atom is 0.230 e. The summed E-state index contributed by atoms with van der Waals surface area (Å²) in [5.41, 5.74) is 2.93. The SMILES string of the molecule is CC(=O)N(c1ccc(C)cc1)c1nc(C=CC(=O)c2ccc(O)cc2)cs1. The summed E-state index contributed by atoms with van der Waals surface area (Å²) in [7, 11) is 0. The molecule has 3 rings (SSSR count). The maximum absolute atomic E-state index is 12.2. The van der Waals surface area contributed by atoms with Crippen molar-refractivity contribution < 1.29 is 14.7 Å². The Labute approximate surface area is 161 Å². The molecule has 0 unspecified atom stereocenters. The summed E-state index contributed by atoms with van der Waals surface area (Å²) >= 11 is 1.33. The number of carbonyl (C=O) groups is 2. The van der Waals surface area contributed by atoms with Crippen LogP contribution in [-0.2, 0) is 4.79 Å². The number of benzene rings is 2. The molecule has 1 heterocycles. The smallest absolute Gasteiger partial charge is 0.230 e. The minimum absolute atomic E-state index is 0.111. The zero-order valence-corrected chi connectivity index (χ0v) is 15.7. The molecule has 2 aromatic carbocycles. The average Bonchev–Trinajstić information content (AvgIpc) is 3.10. The van der Waals surface area contributed by atoms with Crippen LogP contribution in [0, 0.1) is 6.92 Å². The lowest BCUT2D eigenvalue weighted by Gasteiger charge is -2.18. The summed E-state index contributed by atoms with van der Waals surface area (Å²) in [5.74, 6) is -0.212. The highest BCUT2D eigenvalue weighted by Gasteiger charge is 2.17. The number of rotatable bonds is 5. The van der Waals surface area contributed by atoms with Crippen LogP contribution < -0.4 is 4.90 Å². The highest BCUT2D eigenvalue weighted by atomic mass is 32.1. The molecule has 0 aliphatic rings. The lowest BCUT2D eigenvalue weighted by Crippen LogP contribution is -2.22. The molecule has 0 aliphatic heterocycles. The van der Waals surface area contributed by atoms with Gasteiger partial charge in [0.25, 0.3) is 0 Å². The van der Waals surface area contributed by atoms with Gasteiger partial charge in [-0.3, -0.25) is 14.5 Å². The number of thiazole rings is 1. The van der Waals surface area contributed by atoms with Crippen molar-refractivity contribution in [3.05, 3.63) is 76.8 Å². The fraction of sp³-hybridized carbons (Fsp3) is 0.0952. The van der Waals surface area contributed by atoms with Crippen LogP contribution >= 0.6 is 11.3 Å². The van der Waals surface area contributed by atoms with Crippen LogP contribution in [0.15, 0.2) is 60.0 Å². The number of hydrogen-bond acceptors (Lipinski definition) is 5. The van der Waals surface area contributed by atoms with E-state index in [9.17, 15) is 14.7 Å². The second kappa shape index (κ2) is 7.97. The van der Waals surface area contributed by atoms with E-state index in [4.69, 9.17) is 0 Å². The molecule has 3 aromatic rings. The van der Waals surface area contributed by atoms with E-state index in [0.717, 1.165) is 11.3 Å². The summed E-state index contributed by atoms with van der Waals surface area (Å²) in [6.45, 7) is 3.48. The summed E-state index contributed by atoms with van der Waals surface area (Å²) in [6, 6.07) is 13.7. The minimum Gasteiger partial charge on any atom is -0.508 e. The Balaban J connectivity index is 1.80. The Morgan fingerprint density at radius 3 is 2.37 bits per heavy atom. The summed E-state index contributed by atoms with van der Waals surface area (Å²) in [5, 5.41) is 11.6. The molecule has 0 saturated heterocycles. The van der Waals surface area contributed by atoms with E-state index in [2.05, 4.69) is 4.98 Å². The van der Waals surface area contributed by atoms with Gasteiger partial charge >= 0.3 is 0 Å². The third-order valence-corrected chi connectivity index (χ3v) is 4.71. The van der Waals surface area contributed by atoms with Gasteiger partial charge in [-0.15, -0.1) is 11.3 Å². The molecular weight excluding hydrogens is 360 g/mol. The van der Waals surface area contributed by atoms with Gasteiger partial charge in [0.05, 0.1) is 11.4 Å². The third-order valence-electron chi connectivity index (χ3n) is 3.87. The van der Waals surface area contributed by atoms with Gasteiger partial charge in [0, 0.05) is 17.9 Å². The number of phenolic OH excluding ortho intramolecular Hbond substituents is 1. The quantitative estimate of drug-likeness (QED) is 0.514. The van der Waals surface area contributed by atoms with E-state index in [1.807, 2.05) is 31.2 Å². The average molecular weight is 378 g/mol. The van der Waals surface area contributed by atoms with Crippen LogP contribution in [-0.4, -0.2) is 21.8 Å². The second-order valence-corrected chi connectivity index (χ2v) is 6.83. The van der Waals surface area contributed by atoms with E-state index in [1.165, 1.54) is 36.5 Å². The topological polar surface area (TPSA) is 70.5 Å². The van der Waals surface area contributed by atoms with Crippen LogP contribution in [0.25, 0.3) is 6.08 Å². The predicted molar refractivity (Wildman–Crippen MR) is 108 cm³/mol. The second-order valence-electron chi connectivity index (χ2n) is 5.99. The van der Waals surface area contributed by atoms with Crippen molar-refractivity contribution in [2.24, 2.45) is 0 Å².